The van der Waals surface area contributed by atoms with Crippen LogP contribution in [0, 0.1) is 0 Å². The van der Waals surface area contributed by atoms with E-state index in [1.807, 2.05) is 0 Å². The molecular weight excluding hydrogens is 234 g/mol. The lowest BCUT2D eigenvalue weighted by Gasteiger charge is -2.04. The minimum Gasteiger partial charge on any atom is -0.478 e. The van der Waals surface area contributed by atoms with Crippen molar-refractivity contribution in [3.8, 4) is 0 Å². The van der Waals surface area contributed by atoms with Gasteiger partial charge < -0.3 is 5.11 Å². The number of carbonyl (C=O) groups is 1. The number of carboxylic acid groups (broad SMARTS) is 1. The van der Waals surface area contributed by atoms with Gasteiger partial charge in [-0.25, -0.2) is 9.78 Å². The fourth-order valence-electron chi connectivity index (χ4n) is 1.54. The molecular formula is C13H19NO2S. The van der Waals surface area contributed by atoms with Gasteiger partial charge in [0, 0.05) is 6.20 Å². The summed E-state index contributed by atoms with van der Waals surface area (Å²) in [7, 11) is 0. The zero-order chi connectivity index (χ0) is 12.5. The van der Waals surface area contributed by atoms with Crippen LogP contribution in [-0.4, -0.2) is 21.8 Å². The molecule has 0 saturated heterocycles. The summed E-state index contributed by atoms with van der Waals surface area (Å²) in [4.78, 5) is 15.1. The third-order valence-corrected chi connectivity index (χ3v) is 3.58. The topological polar surface area (TPSA) is 50.2 Å². The summed E-state index contributed by atoms with van der Waals surface area (Å²) >= 11 is 1.54. The molecule has 1 aromatic rings. The lowest BCUT2D eigenvalue weighted by molar-refractivity contribution is 0.0692. The molecule has 0 bridgehead atoms. The Balaban J connectivity index is 2.34. The minimum absolute atomic E-state index is 0.311. The monoisotopic (exact) mass is 253 g/mol. The Morgan fingerprint density at radius 3 is 2.82 bits per heavy atom. The molecule has 0 aliphatic heterocycles. The molecule has 0 spiro atoms. The van der Waals surface area contributed by atoms with Gasteiger partial charge in [0.05, 0.1) is 5.56 Å². The predicted molar refractivity (Wildman–Crippen MR) is 70.7 cm³/mol. The number of hydrogen-bond donors (Lipinski definition) is 1. The van der Waals surface area contributed by atoms with Crippen LogP contribution in [-0.2, 0) is 0 Å². The molecule has 3 nitrogen and oxygen atoms in total. The fourth-order valence-corrected chi connectivity index (χ4v) is 2.53. The van der Waals surface area contributed by atoms with Crippen molar-refractivity contribution in [1.82, 2.24) is 4.98 Å². The number of hydrogen-bond acceptors (Lipinski definition) is 3. The van der Waals surface area contributed by atoms with Crippen LogP contribution in [0.3, 0.4) is 0 Å². The highest BCUT2D eigenvalue weighted by Gasteiger charge is 2.10. The summed E-state index contributed by atoms with van der Waals surface area (Å²) in [6.07, 6.45) is 7.79. The number of carboxylic acids is 1. The molecule has 17 heavy (non-hydrogen) atoms. The molecule has 4 heteroatoms. The SMILES string of the molecule is CCCCCCCSc1ncccc1C(=O)O. The van der Waals surface area contributed by atoms with E-state index in [-0.39, 0.29) is 0 Å². The second-order valence-electron chi connectivity index (χ2n) is 3.92. The Hall–Kier alpha value is -1.03. The summed E-state index contributed by atoms with van der Waals surface area (Å²) in [6, 6.07) is 3.27. The van der Waals surface area contributed by atoms with Crippen LogP contribution in [0.15, 0.2) is 23.4 Å². The quantitative estimate of drug-likeness (QED) is 0.565. The molecule has 0 atom stereocenters. The summed E-state index contributed by atoms with van der Waals surface area (Å²) in [5.74, 6) is 0.0488. The average molecular weight is 253 g/mol. The number of pyridine rings is 1. The van der Waals surface area contributed by atoms with E-state index in [9.17, 15) is 4.79 Å². The second kappa shape index (κ2) is 8.12. The largest absolute Gasteiger partial charge is 0.478 e. The first kappa shape index (κ1) is 14.0. The molecule has 1 rings (SSSR count). The maximum Gasteiger partial charge on any atom is 0.338 e. The third-order valence-electron chi connectivity index (χ3n) is 2.49. The number of aromatic carboxylic acids is 1. The van der Waals surface area contributed by atoms with Crippen LogP contribution >= 0.6 is 11.8 Å². The fraction of sp³-hybridized carbons (Fsp3) is 0.538. The highest BCUT2D eigenvalue weighted by molar-refractivity contribution is 7.99. The number of rotatable bonds is 8. The van der Waals surface area contributed by atoms with Crippen LogP contribution in [0.25, 0.3) is 0 Å². The highest BCUT2D eigenvalue weighted by Crippen LogP contribution is 2.21. The van der Waals surface area contributed by atoms with Crippen LogP contribution in [0.2, 0.25) is 0 Å². The van der Waals surface area contributed by atoms with Gasteiger partial charge in [-0.15, -0.1) is 11.8 Å². The lowest BCUT2D eigenvalue weighted by Crippen LogP contribution is -2.00. The van der Waals surface area contributed by atoms with Crippen molar-refractivity contribution in [2.75, 3.05) is 5.75 Å². The van der Waals surface area contributed by atoms with E-state index in [2.05, 4.69) is 11.9 Å². The van der Waals surface area contributed by atoms with Crippen molar-refractivity contribution in [2.45, 2.75) is 44.1 Å². The zero-order valence-corrected chi connectivity index (χ0v) is 11.0. The van der Waals surface area contributed by atoms with Gasteiger partial charge in [-0.2, -0.15) is 0 Å². The molecule has 0 aliphatic carbocycles. The van der Waals surface area contributed by atoms with Crippen LogP contribution < -0.4 is 0 Å². The Bertz CT molecular complexity index is 355. The Kier molecular flexibility index (Phi) is 6.70. The van der Waals surface area contributed by atoms with Gasteiger partial charge in [-0.3, -0.25) is 0 Å². The number of thioether (sulfide) groups is 1. The van der Waals surface area contributed by atoms with Gasteiger partial charge in [0.2, 0.25) is 0 Å². The summed E-state index contributed by atoms with van der Waals surface area (Å²) in [5.41, 5.74) is 0.311. The number of unbranched alkanes of at least 4 members (excludes halogenated alkanes) is 4. The summed E-state index contributed by atoms with van der Waals surface area (Å²) < 4.78 is 0. The molecule has 0 fully saturated rings. The maximum absolute atomic E-state index is 10.9. The number of nitrogens with zero attached hydrogens (tertiary/aromatic N) is 1. The summed E-state index contributed by atoms with van der Waals surface area (Å²) in [6.45, 7) is 2.20. The van der Waals surface area contributed by atoms with Crippen LogP contribution in [0.4, 0.5) is 0 Å². The molecule has 0 radical (unpaired) electrons. The number of aromatic nitrogens is 1. The first-order valence-electron chi connectivity index (χ1n) is 6.06. The molecule has 1 heterocycles. The Morgan fingerprint density at radius 1 is 1.35 bits per heavy atom. The van der Waals surface area contributed by atoms with E-state index >= 15 is 0 Å². The van der Waals surface area contributed by atoms with E-state index in [1.54, 1.807) is 30.1 Å². The molecule has 1 aromatic heterocycles. The van der Waals surface area contributed by atoms with E-state index in [1.165, 1.54) is 25.7 Å². The van der Waals surface area contributed by atoms with Crippen molar-refractivity contribution in [3.63, 3.8) is 0 Å². The zero-order valence-electron chi connectivity index (χ0n) is 10.2. The van der Waals surface area contributed by atoms with E-state index in [4.69, 9.17) is 5.11 Å². The molecule has 1 N–H and O–H groups in total. The van der Waals surface area contributed by atoms with E-state index in [0.717, 1.165) is 12.2 Å². The first-order chi connectivity index (χ1) is 8.25. The normalized spacial score (nSPS) is 10.4. The maximum atomic E-state index is 10.9. The van der Waals surface area contributed by atoms with Gasteiger partial charge >= 0.3 is 5.97 Å². The van der Waals surface area contributed by atoms with Crippen molar-refractivity contribution in [1.29, 1.82) is 0 Å². The van der Waals surface area contributed by atoms with Crippen LogP contribution in [0.1, 0.15) is 49.4 Å². The lowest BCUT2D eigenvalue weighted by atomic mass is 10.2. The average Bonchev–Trinajstić information content (AvgIpc) is 2.34. The first-order valence-corrected chi connectivity index (χ1v) is 7.05. The van der Waals surface area contributed by atoms with Gasteiger partial charge in [-0.1, -0.05) is 32.6 Å². The van der Waals surface area contributed by atoms with E-state index in [0.29, 0.717) is 10.6 Å². The molecule has 0 amide bonds. The van der Waals surface area contributed by atoms with Crippen molar-refractivity contribution in [2.24, 2.45) is 0 Å². The minimum atomic E-state index is -0.897. The molecule has 94 valence electrons. The van der Waals surface area contributed by atoms with Crippen molar-refractivity contribution in [3.05, 3.63) is 23.9 Å². The molecule has 0 aromatic carbocycles. The standard InChI is InChI=1S/C13H19NO2S/c1-2-3-4-5-6-10-17-12-11(13(15)16)8-7-9-14-12/h7-9H,2-6,10H2,1H3,(H,15,16). The highest BCUT2D eigenvalue weighted by atomic mass is 32.2. The van der Waals surface area contributed by atoms with Gasteiger partial charge in [0.15, 0.2) is 0 Å². The molecule has 0 aliphatic rings. The third kappa shape index (κ3) is 5.22. The van der Waals surface area contributed by atoms with Crippen LogP contribution in [0.5, 0.6) is 0 Å². The smallest absolute Gasteiger partial charge is 0.338 e. The van der Waals surface area contributed by atoms with E-state index < -0.39 is 5.97 Å². The van der Waals surface area contributed by atoms with Gasteiger partial charge in [0.25, 0.3) is 0 Å². The summed E-state index contributed by atoms with van der Waals surface area (Å²) in [5, 5.41) is 9.62. The predicted octanol–water partition coefficient (Wildman–Crippen LogP) is 3.84. The second-order valence-corrected chi connectivity index (χ2v) is 5.01. The van der Waals surface area contributed by atoms with Crippen molar-refractivity contribution >= 4 is 17.7 Å². The molecule has 0 saturated carbocycles. The van der Waals surface area contributed by atoms with Crippen molar-refractivity contribution < 1.29 is 9.90 Å². The van der Waals surface area contributed by atoms with Gasteiger partial charge in [0.1, 0.15) is 5.03 Å². The Labute approximate surface area is 107 Å². The Morgan fingerprint density at radius 2 is 2.12 bits per heavy atom. The molecule has 0 unspecified atom stereocenters. The van der Waals surface area contributed by atoms with Gasteiger partial charge in [-0.05, 0) is 24.3 Å².